The van der Waals surface area contributed by atoms with Crippen LogP contribution in [0.4, 0.5) is 0 Å². The number of ether oxygens (including phenoxy) is 3. The van der Waals surface area contributed by atoms with Gasteiger partial charge in [0.15, 0.2) is 11.5 Å². The van der Waals surface area contributed by atoms with Crippen LogP contribution in [0.25, 0.3) is 0 Å². The summed E-state index contributed by atoms with van der Waals surface area (Å²) in [4.78, 5) is 2.40. The lowest BCUT2D eigenvalue weighted by Crippen LogP contribution is -2.37. The van der Waals surface area contributed by atoms with Gasteiger partial charge in [0.05, 0.1) is 25.5 Å². The van der Waals surface area contributed by atoms with Crippen LogP contribution in [0.5, 0.6) is 17.2 Å². The molecule has 7 heteroatoms. The molecular formula is C29H39N3O4. The number of aryl methyl sites for hydroxylation is 3. The fourth-order valence-corrected chi connectivity index (χ4v) is 4.58. The van der Waals surface area contributed by atoms with Gasteiger partial charge in [-0.25, -0.2) is 0 Å². The number of benzene rings is 2. The maximum Gasteiger partial charge on any atom is 0.161 e. The van der Waals surface area contributed by atoms with E-state index in [0.717, 1.165) is 68.3 Å². The third-order valence-electron chi connectivity index (χ3n) is 6.72. The molecule has 1 aromatic heterocycles. The second-order valence-corrected chi connectivity index (χ2v) is 9.92. The number of hydrogen-bond donors (Lipinski definition) is 1. The first-order valence-corrected chi connectivity index (χ1v) is 12.9. The van der Waals surface area contributed by atoms with Crippen LogP contribution in [0.3, 0.4) is 0 Å². The fraction of sp³-hybridized carbons (Fsp3) is 0.483. The Labute approximate surface area is 214 Å². The Morgan fingerprint density at radius 1 is 0.972 bits per heavy atom. The van der Waals surface area contributed by atoms with Gasteiger partial charge in [-0.1, -0.05) is 23.8 Å². The standard InChI is InChI=1S/C29H39N3O4/c1-23-6-9-26(10-7-23)36-22-29(33)12-4-14-31(16-13-29)21-25-8-11-27(34-3)28(18-25)35-17-5-15-32-20-24(2)19-30-32/h6-11,18-20,33H,4-5,12-17,21-22H2,1-3H3. The van der Waals surface area contributed by atoms with Crippen molar-refractivity contribution in [1.82, 2.24) is 14.7 Å². The van der Waals surface area contributed by atoms with Crippen LogP contribution in [0.1, 0.15) is 42.4 Å². The summed E-state index contributed by atoms with van der Waals surface area (Å²) >= 11 is 0. The Bertz CT molecular complexity index is 1100. The van der Waals surface area contributed by atoms with Crippen molar-refractivity contribution >= 4 is 0 Å². The van der Waals surface area contributed by atoms with E-state index in [0.29, 0.717) is 19.6 Å². The van der Waals surface area contributed by atoms with Crippen molar-refractivity contribution in [2.24, 2.45) is 0 Å². The molecule has 1 N–H and O–H groups in total. The quantitative estimate of drug-likeness (QED) is 0.388. The molecule has 0 amide bonds. The normalized spacial score (nSPS) is 18.6. The van der Waals surface area contributed by atoms with Crippen molar-refractivity contribution in [3.63, 3.8) is 0 Å². The summed E-state index contributed by atoms with van der Waals surface area (Å²) in [5, 5.41) is 15.5. The number of rotatable bonds is 11. The topological polar surface area (TPSA) is 69.0 Å². The van der Waals surface area contributed by atoms with Crippen molar-refractivity contribution in [3.8, 4) is 17.2 Å². The molecule has 1 unspecified atom stereocenters. The lowest BCUT2D eigenvalue weighted by atomic mass is 9.96. The molecule has 3 aromatic rings. The van der Waals surface area contributed by atoms with E-state index in [1.54, 1.807) is 7.11 Å². The van der Waals surface area contributed by atoms with Crippen LogP contribution >= 0.6 is 0 Å². The molecule has 2 aromatic carbocycles. The van der Waals surface area contributed by atoms with Crippen molar-refractivity contribution in [2.75, 3.05) is 33.4 Å². The maximum absolute atomic E-state index is 11.2. The summed E-state index contributed by atoms with van der Waals surface area (Å²) in [6.07, 6.45) is 7.13. The first-order chi connectivity index (χ1) is 17.4. The molecule has 7 nitrogen and oxygen atoms in total. The van der Waals surface area contributed by atoms with Gasteiger partial charge in [0.25, 0.3) is 0 Å². The summed E-state index contributed by atoms with van der Waals surface area (Å²) in [6.45, 7) is 8.40. The van der Waals surface area contributed by atoms with Gasteiger partial charge in [-0.05, 0) is 75.0 Å². The largest absolute Gasteiger partial charge is 0.493 e. The summed E-state index contributed by atoms with van der Waals surface area (Å²) in [7, 11) is 1.67. The molecule has 1 aliphatic rings. The zero-order valence-corrected chi connectivity index (χ0v) is 21.8. The minimum atomic E-state index is -0.805. The molecule has 36 heavy (non-hydrogen) atoms. The highest BCUT2D eigenvalue weighted by atomic mass is 16.5. The van der Waals surface area contributed by atoms with Gasteiger partial charge in [0.1, 0.15) is 12.4 Å². The van der Waals surface area contributed by atoms with Crippen LogP contribution in [0.15, 0.2) is 54.9 Å². The monoisotopic (exact) mass is 493 g/mol. The summed E-state index contributed by atoms with van der Waals surface area (Å²) in [5.74, 6) is 2.32. The van der Waals surface area contributed by atoms with Crippen molar-refractivity contribution in [3.05, 3.63) is 71.5 Å². The van der Waals surface area contributed by atoms with Gasteiger partial charge in [-0.15, -0.1) is 0 Å². The predicted molar refractivity (Wildman–Crippen MR) is 141 cm³/mol. The van der Waals surface area contributed by atoms with Crippen LogP contribution in [0, 0.1) is 13.8 Å². The van der Waals surface area contributed by atoms with E-state index in [9.17, 15) is 5.11 Å². The average molecular weight is 494 g/mol. The van der Waals surface area contributed by atoms with E-state index in [2.05, 4.69) is 29.1 Å². The maximum atomic E-state index is 11.2. The van der Waals surface area contributed by atoms with Crippen molar-refractivity contribution in [2.45, 2.75) is 58.2 Å². The van der Waals surface area contributed by atoms with E-state index >= 15 is 0 Å². The number of methoxy groups -OCH3 is 1. The number of aromatic nitrogens is 2. The van der Waals surface area contributed by atoms with Crippen LogP contribution < -0.4 is 14.2 Å². The molecule has 0 aliphatic carbocycles. The Balaban J connectivity index is 1.28. The first-order valence-electron chi connectivity index (χ1n) is 12.9. The second kappa shape index (κ2) is 12.3. The highest BCUT2D eigenvalue weighted by molar-refractivity contribution is 5.43. The molecule has 4 rings (SSSR count). The molecule has 1 fully saturated rings. The number of aliphatic hydroxyl groups is 1. The zero-order chi connectivity index (χ0) is 25.4. The predicted octanol–water partition coefficient (Wildman–Crippen LogP) is 4.77. The molecular weight excluding hydrogens is 454 g/mol. The number of nitrogens with zero attached hydrogens (tertiary/aromatic N) is 3. The van der Waals surface area contributed by atoms with Crippen molar-refractivity contribution < 1.29 is 19.3 Å². The highest BCUT2D eigenvalue weighted by Gasteiger charge is 2.31. The van der Waals surface area contributed by atoms with Gasteiger partial charge in [-0.2, -0.15) is 5.10 Å². The van der Waals surface area contributed by atoms with E-state index in [-0.39, 0.29) is 0 Å². The van der Waals surface area contributed by atoms with Gasteiger partial charge in [0.2, 0.25) is 0 Å². The van der Waals surface area contributed by atoms with Gasteiger partial charge >= 0.3 is 0 Å². The Morgan fingerprint density at radius 2 is 1.81 bits per heavy atom. The summed E-state index contributed by atoms with van der Waals surface area (Å²) in [5.41, 5.74) is 2.73. The minimum Gasteiger partial charge on any atom is -0.493 e. The molecule has 2 heterocycles. The van der Waals surface area contributed by atoms with Crippen molar-refractivity contribution in [1.29, 1.82) is 0 Å². The third-order valence-corrected chi connectivity index (χ3v) is 6.72. The highest BCUT2D eigenvalue weighted by Crippen LogP contribution is 2.30. The molecule has 0 spiro atoms. The van der Waals surface area contributed by atoms with Crippen LogP contribution in [-0.4, -0.2) is 58.8 Å². The molecule has 0 saturated carbocycles. The lowest BCUT2D eigenvalue weighted by Gasteiger charge is -2.27. The molecule has 1 aliphatic heterocycles. The smallest absolute Gasteiger partial charge is 0.161 e. The van der Waals surface area contributed by atoms with E-state index in [1.807, 2.05) is 54.3 Å². The summed E-state index contributed by atoms with van der Waals surface area (Å²) < 4.78 is 19.5. The lowest BCUT2D eigenvalue weighted by molar-refractivity contribution is -0.0168. The molecule has 0 bridgehead atoms. The van der Waals surface area contributed by atoms with E-state index in [4.69, 9.17) is 14.2 Å². The SMILES string of the molecule is COc1ccc(CN2CCCC(O)(COc3ccc(C)cc3)CC2)cc1OCCCn1cc(C)cn1. The molecule has 0 radical (unpaired) electrons. The number of likely N-dealkylation sites (tertiary alicyclic amines) is 1. The first kappa shape index (κ1) is 26.0. The van der Waals surface area contributed by atoms with Crippen LogP contribution in [0.2, 0.25) is 0 Å². The Hall–Kier alpha value is -3.03. The van der Waals surface area contributed by atoms with Gasteiger partial charge in [0, 0.05) is 32.3 Å². The zero-order valence-electron chi connectivity index (χ0n) is 21.8. The second-order valence-electron chi connectivity index (χ2n) is 9.92. The average Bonchev–Trinajstić information content (AvgIpc) is 3.20. The van der Waals surface area contributed by atoms with Gasteiger partial charge < -0.3 is 19.3 Å². The summed E-state index contributed by atoms with van der Waals surface area (Å²) in [6, 6.07) is 14.1. The Morgan fingerprint density at radius 3 is 2.56 bits per heavy atom. The van der Waals surface area contributed by atoms with E-state index in [1.165, 1.54) is 11.1 Å². The van der Waals surface area contributed by atoms with Gasteiger partial charge in [-0.3, -0.25) is 9.58 Å². The molecule has 1 atom stereocenters. The van der Waals surface area contributed by atoms with Crippen LogP contribution in [-0.2, 0) is 13.1 Å². The van der Waals surface area contributed by atoms with E-state index < -0.39 is 5.60 Å². The third kappa shape index (κ3) is 7.48. The number of hydrogen-bond acceptors (Lipinski definition) is 6. The molecule has 194 valence electrons. The fourth-order valence-electron chi connectivity index (χ4n) is 4.58. The minimum absolute atomic E-state index is 0.322. The Kier molecular flexibility index (Phi) is 8.88. The molecule has 1 saturated heterocycles.